The summed E-state index contributed by atoms with van der Waals surface area (Å²) in [4.78, 5) is 4.04. The number of benzene rings is 1. The first-order chi connectivity index (χ1) is 7.29. The van der Waals surface area contributed by atoms with Crippen LogP contribution < -0.4 is 0 Å². The zero-order valence-electron chi connectivity index (χ0n) is 8.52. The van der Waals surface area contributed by atoms with E-state index in [1.165, 1.54) is 0 Å². The van der Waals surface area contributed by atoms with E-state index in [4.69, 9.17) is 0 Å². The van der Waals surface area contributed by atoms with Gasteiger partial charge in [0.25, 0.3) is 0 Å². The van der Waals surface area contributed by atoms with Crippen molar-refractivity contribution >= 4 is 0 Å². The molecule has 1 heterocycles. The van der Waals surface area contributed by atoms with E-state index < -0.39 is 6.17 Å². The summed E-state index contributed by atoms with van der Waals surface area (Å²) in [6.45, 7) is 1.54. The van der Waals surface area contributed by atoms with Crippen LogP contribution in [0, 0.1) is 0 Å². The van der Waals surface area contributed by atoms with Gasteiger partial charge in [-0.25, -0.2) is 4.39 Å². The summed E-state index contributed by atoms with van der Waals surface area (Å²) in [5, 5.41) is 0. The van der Waals surface area contributed by atoms with Gasteiger partial charge in [-0.2, -0.15) is 0 Å². The third-order valence-electron chi connectivity index (χ3n) is 2.37. The van der Waals surface area contributed by atoms with E-state index in [9.17, 15) is 4.39 Å². The Balaban J connectivity index is 2.53. The molecule has 15 heavy (non-hydrogen) atoms. The van der Waals surface area contributed by atoms with Crippen molar-refractivity contribution in [1.29, 1.82) is 0 Å². The maximum atomic E-state index is 13.4. The zero-order valence-corrected chi connectivity index (χ0v) is 8.52. The van der Waals surface area contributed by atoms with E-state index >= 15 is 0 Å². The van der Waals surface area contributed by atoms with Crippen LogP contribution in [0.3, 0.4) is 0 Å². The third kappa shape index (κ3) is 2.04. The van der Waals surface area contributed by atoms with Gasteiger partial charge in [0, 0.05) is 18.0 Å². The lowest BCUT2D eigenvalue weighted by Gasteiger charge is -2.09. The molecule has 0 saturated heterocycles. The van der Waals surface area contributed by atoms with Gasteiger partial charge in [0.2, 0.25) is 0 Å². The Morgan fingerprint density at radius 1 is 1.13 bits per heavy atom. The lowest BCUT2D eigenvalue weighted by molar-refractivity contribution is 0.375. The Morgan fingerprint density at radius 3 is 2.53 bits per heavy atom. The first kappa shape index (κ1) is 9.84. The van der Waals surface area contributed by atoms with Crippen molar-refractivity contribution in [2.24, 2.45) is 0 Å². The van der Waals surface area contributed by atoms with Gasteiger partial charge in [0.15, 0.2) is 0 Å². The van der Waals surface area contributed by atoms with E-state index in [1.807, 2.05) is 30.3 Å². The molecule has 0 N–H and O–H groups in total. The monoisotopic (exact) mass is 201 g/mol. The number of pyridine rings is 1. The van der Waals surface area contributed by atoms with Crippen molar-refractivity contribution < 1.29 is 4.39 Å². The van der Waals surface area contributed by atoms with Crippen LogP contribution in [-0.2, 0) is 0 Å². The highest BCUT2D eigenvalue weighted by Gasteiger charge is 2.09. The predicted octanol–water partition coefficient (Wildman–Crippen LogP) is 3.78. The zero-order chi connectivity index (χ0) is 10.7. The Bertz CT molecular complexity index is 437. The van der Waals surface area contributed by atoms with E-state index in [0.29, 0.717) is 5.56 Å². The van der Waals surface area contributed by atoms with Crippen molar-refractivity contribution in [3.05, 3.63) is 54.4 Å². The maximum absolute atomic E-state index is 13.4. The summed E-state index contributed by atoms with van der Waals surface area (Å²) in [6, 6.07) is 11.5. The molecule has 1 aromatic heterocycles. The summed E-state index contributed by atoms with van der Waals surface area (Å²) in [5.74, 6) is 0. The maximum Gasteiger partial charge on any atom is 0.123 e. The molecule has 0 fully saturated rings. The molecule has 1 aromatic carbocycles. The second-order valence-corrected chi connectivity index (χ2v) is 3.44. The topological polar surface area (TPSA) is 12.9 Å². The highest BCUT2D eigenvalue weighted by atomic mass is 19.1. The van der Waals surface area contributed by atoms with Gasteiger partial charge in [-0.3, -0.25) is 4.98 Å². The van der Waals surface area contributed by atoms with Gasteiger partial charge < -0.3 is 0 Å². The summed E-state index contributed by atoms with van der Waals surface area (Å²) in [5.41, 5.74) is 2.56. The average Bonchev–Trinajstić information content (AvgIpc) is 2.30. The van der Waals surface area contributed by atoms with Crippen LogP contribution in [0.25, 0.3) is 11.1 Å². The van der Waals surface area contributed by atoms with E-state index in [0.717, 1.165) is 11.1 Å². The van der Waals surface area contributed by atoms with Crippen LogP contribution in [0.4, 0.5) is 4.39 Å². The fraction of sp³-hybridized carbons (Fsp3) is 0.154. The lowest BCUT2D eigenvalue weighted by Crippen LogP contribution is -1.91. The van der Waals surface area contributed by atoms with Gasteiger partial charge in [-0.15, -0.1) is 0 Å². The van der Waals surface area contributed by atoms with E-state index in [2.05, 4.69) is 4.98 Å². The van der Waals surface area contributed by atoms with E-state index in [-0.39, 0.29) is 0 Å². The minimum atomic E-state index is -0.969. The molecule has 0 radical (unpaired) electrons. The molecular weight excluding hydrogens is 189 g/mol. The Morgan fingerprint density at radius 2 is 1.87 bits per heavy atom. The number of hydrogen-bond acceptors (Lipinski definition) is 1. The SMILES string of the molecule is CC(F)c1ccncc1-c1ccccc1. The highest BCUT2D eigenvalue weighted by molar-refractivity contribution is 5.66. The Hall–Kier alpha value is -1.70. The first-order valence-electron chi connectivity index (χ1n) is 4.92. The molecule has 1 nitrogen and oxygen atoms in total. The molecule has 2 rings (SSSR count). The van der Waals surface area contributed by atoms with Crippen LogP contribution in [0.2, 0.25) is 0 Å². The van der Waals surface area contributed by atoms with Crippen molar-refractivity contribution in [1.82, 2.24) is 4.98 Å². The van der Waals surface area contributed by atoms with Crippen molar-refractivity contribution in [3.8, 4) is 11.1 Å². The molecule has 0 aliphatic heterocycles. The quantitative estimate of drug-likeness (QED) is 0.720. The number of aromatic nitrogens is 1. The normalized spacial score (nSPS) is 12.4. The summed E-state index contributed by atoms with van der Waals surface area (Å²) in [7, 11) is 0. The Labute approximate surface area is 88.6 Å². The smallest absolute Gasteiger partial charge is 0.123 e. The average molecular weight is 201 g/mol. The number of hydrogen-bond donors (Lipinski definition) is 0. The van der Waals surface area contributed by atoms with Crippen molar-refractivity contribution in [3.63, 3.8) is 0 Å². The summed E-state index contributed by atoms with van der Waals surface area (Å²) in [6.07, 6.45) is 2.36. The summed E-state index contributed by atoms with van der Waals surface area (Å²) < 4.78 is 13.4. The lowest BCUT2D eigenvalue weighted by atomic mass is 10.00. The van der Waals surface area contributed by atoms with Crippen molar-refractivity contribution in [2.75, 3.05) is 0 Å². The molecule has 0 saturated carbocycles. The molecule has 0 bridgehead atoms. The van der Waals surface area contributed by atoms with E-state index in [1.54, 1.807) is 25.4 Å². The van der Waals surface area contributed by atoms with Crippen LogP contribution in [0.1, 0.15) is 18.7 Å². The fourth-order valence-corrected chi connectivity index (χ4v) is 1.61. The number of halogens is 1. The molecule has 2 heteroatoms. The molecule has 76 valence electrons. The molecule has 0 aliphatic carbocycles. The van der Waals surface area contributed by atoms with Crippen molar-refractivity contribution in [2.45, 2.75) is 13.1 Å². The van der Waals surface area contributed by atoms with Crippen LogP contribution in [0.15, 0.2) is 48.8 Å². The first-order valence-corrected chi connectivity index (χ1v) is 4.92. The Kier molecular flexibility index (Phi) is 2.77. The van der Waals surface area contributed by atoms with Crippen LogP contribution in [-0.4, -0.2) is 4.98 Å². The minimum Gasteiger partial charge on any atom is -0.264 e. The molecular formula is C13H12FN. The van der Waals surface area contributed by atoms with Crippen LogP contribution >= 0.6 is 0 Å². The van der Waals surface area contributed by atoms with Gasteiger partial charge in [-0.05, 0) is 24.1 Å². The minimum absolute atomic E-state index is 0.691. The highest BCUT2D eigenvalue weighted by Crippen LogP contribution is 2.28. The number of nitrogens with zero attached hydrogens (tertiary/aromatic N) is 1. The van der Waals surface area contributed by atoms with Gasteiger partial charge >= 0.3 is 0 Å². The summed E-state index contributed by atoms with van der Waals surface area (Å²) >= 11 is 0. The number of alkyl halides is 1. The van der Waals surface area contributed by atoms with Crippen LogP contribution in [0.5, 0.6) is 0 Å². The molecule has 1 unspecified atom stereocenters. The standard InChI is InChI=1S/C13H12FN/c1-10(14)12-7-8-15-9-13(12)11-5-3-2-4-6-11/h2-10H,1H3. The molecule has 0 amide bonds. The second kappa shape index (κ2) is 4.22. The number of rotatable bonds is 2. The van der Waals surface area contributed by atoms with Gasteiger partial charge in [0.1, 0.15) is 6.17 Å². The fourth-order valence-electron chi connectivity index (χ4n) is 1.61. The third-order valence-corrected chi connectivity index (χ3v) is 2.37. The second-order valence-electron chi connectivity index (χ2n) is 3.44. The molecule has 0 aliphatic rings. The molecule has 2 aromatic rings. The largest absolute Gasteiger partial charge is 0.264 e. The van der Waals surface area contributed by atoms with Gasteiger partial charge in [-0.1, -0.05) is 30.3 Å². The predicted molar refractivity (Wildman–Crippen MR) is 59.2 cm³/mol. The molecule has 1 atom stereocenters. The van der Waals surface area contributed by atoms with Gasteiger partial charge in [0.05, 0.1) is 0 Å². The molecule has 0 spiro atoms.